The zero-order valence-corrected chi connectivity index (χ0v) is 16.6. The number of benzene rings is 1. The molecule has 28 heavy (non-hydrogen) atoms. The highest BCUT2D eigenvalue weighted by molar-refractivity contribution is 6.30. The lowest BCUT2D eigenvalue weighted by atomic mass is 10.2. The molecule has 0 unspecified atom stereocenters. The molecule has 0 bridgehead atoms. The topological polar surface area (TPSA) is 52.6 Å². The number of hydrogen-bond donors (Lipinski definition) is 0. The molecule has 146 valence electrons. The summed E-state index contributed by atoms with van der Waals surface area (Å²) >= 11 is 5.89. The van der Waals surface area contributed by atoms with Gasteiger partial charge in [0.1, 0.15) is 5.82 Å². The normalized spacial score (nSPS) is 17.5. The maximum Gasteiger partial charge on any atom is 0.246 e. The molecule has 6 nitrogen and oxygen atoms in total. The lowest BCUT2D eigenvalue weighted by Gasteiger charge is -2.35. The Kier molecular flexibility index (Phi) is 5.76. The van der Waals surface area contributed by atoms with Crippen molar-refractivity contribution in [2.45, 2.75) is 12.8 Å². The summed E-state index contributed by atoms with van der Waals surface area (Å²) in [6.45, 7) is 4.99. The second kappa shape index (κ2) is 8.61. The third-order valence-corrected chi connectivity index (χ3v) is 5.47. The SMILES string of the molecule is O=C(/C=C/c1ccc(Cl)cc1)N1CCN(c2ccnc(N3CCCC3)n2)CC1. The van der Waals surface area contributed by atoms with Crippen molar-refractivity contribution in [1.29, 1.82) is 0 Å². The standard InChI is InChI=1S/C21H24ClN5O/c22-18-6-3-17(4-7-18)5-8-20(28)26-15-13-25(14-16-26)19-9-10-23-21(24-19)27-11-1-2-12-27/h3-10H,1-2,11-16H2/b8-5+. The number of amides is 1. The summed E-state index contributed by atoms with van der Waals surface area (Å²) < 4.78 is 0. The van der Waals surface area contributed by atoms with E-state index in [9.17, 15) is 4.79 Å². The molecule has 4 rings (SSSR count). The Labute approximate surface area is 170 Å². The third kappa shape index (κ3) is 4.44. The molecule has 2 aliphatic rings. The van der Waals surface area contributed by atoms with Crippen LogP contribution < -0.4 is 9.80 Å². The van der Waals surface area contributed by atoms with Gasteiger partial charge in [-0.1, -0.05) is 23.7 Å². The van der Waals surface area contributed by atoms with Gasteiger partial charge in [-0.3, -0.25) is 4.79 Å². The van der Waals surface area contributed by atoms with Crippen LogP contribution in [0.1, 0.15) is 18.4 Å². The summed E-state index contributed by atoms with van der Waals surface area (Å²) in [6, 6.07) is 9.40. The molecule has 1 aromatic carbocycles. The van der Waals surface area contributed by atoms with Crippen molar-refractivity contribution in [3.05, 3.63) is 53.2 Å². The first-order valence-corrected chi connectivity index (χ1v) is 10.1. The van der Waals surface area contributed by atoms with E-state index >= 15 is 0 Å². The van der Waals surface area contributed by atoms with Crippen molar-refractivity contribution in [3.8, 4) is 0 Å². The first-order valence-electron chi connectivity index (χ1n) is 9.74. The molecule has 0 spiro atoms. The molecule has 1 amide bonds. The van der Waals surface area contributed by atoms with Crippen LogP contribution in [0.3, 0.4) is 0 Å². The largest absolute Gasteiger partial charge is 0.353 e. The van der Waals surface area contributed by atoms with E-state index in [2.05, 4.69) is 14.8 Å². The lowest BCUT2D eigenvalue weighted by molar-refractivity contribution is -0.126. The summed E-state index contributed by atoms with van der Waals surface area (Å²) in [4.78, 5) is 28.0. The van der Waals surface area contributed by atoms with Gasteiger partial charge < -0.3 is 14.7 Å². The fourth-order valence-electron chi connectivity index (χ4n) is 3.59. The Hall–Kier alpha value is -2.60. The number of carbonyl (C=O) groups excluding carboxylic acids is 1. The number of aromatic nitrogens is 2. The van der Waals surface area contributed by atoms with Gasteiger partial charge in [0.25, 0.3) is 0 Å². The van der Waals surface area contributed by atoms with Gasteiger partial charge in [-0.2, -0.15) is 4.98 Å². The minimum absolute atomic E-state index is 0.0371. The van der Waals surface area contributed by atoms with Crippen molar-refractivity contribution < 1.29 is 4.79 Å². The van der Waals surface area contributed by atoms with E-state index in [0.717, 1.165) is 43.5 Å². The molecule has 0 radical (unpaired) electrons. The maximum atomic E-state index is 12.5. The second-order valence-electron chi connectivity index (χ2n) is 7.11. The average Bonchev–Trinajstić information content (AvgIpc) is 3.28. The van der Waals surface area contributed by atoms with Crippen molar-refractivity contribution in [1.82, 2.24) is 14.9 Å². The van der Waals surface area contributed by atoms with Crippen LogP contribution in [0.2, 0.25) is 5.02 Å². The first-order chi connectivity index (χ1) is 13.7. The highest BCUT2D eigenvalue weighted by Crippen LogP contribution is 2.20. The second-order valence-corrected chi connectivity index (χ2v) is 7.54. The van der Waals surface area contributed by atoms with Gasteiger partial charge in [0, 0.05) is 56.6 Å². The smallest absolute Gasteiger partial charge is 0.246 e. The van der Waals surface area contributed by atoms with Crippen LogP contribution in [0.4, 0.5) is 11.8 Å². The van der Waals surface area contributed by atoms with Gasteiger partial charge >= 0.3 is 0 Å². The van der Waals surface area contributed by atoms with Crippen LogP contribution in [-0.2, 0) is 4.79 Å². The van der Waals surface area contributed by atoms with Gasteiger partial charge in [-0.25, -0.2) is 4.98 Å². The van der Waals surface area contributed by atoms with Crippen LogP contribution in [0.25, 0.3) is 6.08 Å². The van der Waals surface area contributed by atoms with E-state index in [1.807, 2.05) is 47.5 Å². The van der Waals surface area contributed by atoms with E-state index in [4.69, 9.17) is 16.6 Å². The molecule has 2 saturated heterocycles. The van der Waals surface area contributed by atoms with E-state index in [1.54, 1.807) is 6.08 Å². The van der Waals surface area contributed by atoms with E-state index in [-0.39, 0.29) is 5.91 Å². The minimum atomic E-state index is 0.0371. The zero-order valence-electron chi connectivity index (χ0n) is 15.8. The van der Waals surface area contributed by atoms with E-state index in [0.29, 0.717) is 18.1 Å². The predicted octanol–water partition coefficient (Wildman–Crippen LogP) is 3.09. The van der Waals surface area contributed by atoms with Crippen LogP contribution in [-0.4, -0.2) is 60.0 Å². The highest BCUT2D eigenvalue weighted by Gasteiger charge is 2.22. The number of rotatable bonds is 4. The number of piperazine rings is 1. The van der Waals surface area contributed by atoms with Crippen LogP contribution >= 0.6 is 11.6 Å². The van der Waals surface area contributed by atoms with Crippen molar-refractivity contribution in [3.63, 3.8) is 0 Å². The number of anilines is 2. The molecule has 3 heterocycles. The molecule has 2 aliphatic heterocycles. The van der Waals surface area contributed by atoms with Gasteiger partial charge in [-0.05, 0) is 42.7 Å². The van der Waals surface area contributed by atoms with Crippen LogP contribution in [0, 0.1) is 0 Å². The Bertz CT molecular complexity index is 840. The summed E-state index contributed by atoms with van der Waals surface area (Å²) in [7, 11) is 0. The molecular weight excluding hydrogens is 374 g/mol. The molecule has 7 heteroatoms. The molecule has 1 aromatic heterocycles. The van der Waals surface area contributed by atoms with Crippen molar-refractivity contribution >= 4 is 35.4 Å². The monoisotopic (exact) mass is 397 g/mol. The molecule has 0 N–H and O–H groups in total. The van der Waals surface area contributed by atoms with Crippen molar-refractivity contribution in [2.24, 2.45) is 0 Å². The number of carbonyl (C=O) groups is 1. The van der Waals surface area contributed by atoms with Gasteiger partial charge in [0.05, 0.1) is 0 Å². The van der Waals surface area contributed by atoms with Gasteiger partial charge in [0.15, 0.2) is 0 Å². The Balaban J connectivity index is 1.33. The Morgan fingerprint density at radius 1 is 0.929 bits per heavy atom. The average molecular weight is 398 g/mol. The van der Waals surface area contributed by atoms with E-state index in [1.165, 1.54) is 12.8 Å². The quantitative estimate of drug-likeness (QED) is 0.742. The molecule has 0 atom stereocenters. The lowest BCUT2D eigenvalue weighted by Crippen LogP contribution is -2.48. The fraction of sp³-hybridized carbons (Fsp3) is 0.381. The number of hydrogen-bond acceptors (Lipinski definition) is 5. The zero-order chi connectivity index (χ0) is 19.3. The molecule has 0 aliphatic carbocycles. The van der Waals surface area contributed by atoms with Gasteiger partial charge in [0.2, 0.25) is 11.9 Å². The molecule has 2 fully saturated rings. The molecule has 0 saturated carbocycles. The third-order valence-electron chi connectivity index (χ3n) is 5.22. The summed E-state index contributed by atoms with van der Waals surface area (Å²) in [5.74, 6) is 1.80. The highest BCUT2D eigenvalue weighted by atomic mass is 35.5. The van der Waals surface area contributed by atoms with E-state index < -0.39 is 0 Å². The van der Waals surface area contributed by atoms with Crippen molar-refractivity contribution in [2.75, 3.05) is 49.1 Å². The number of halogens is 1. The first kappa shape index (κ1) is 18.7. The number of nitrogens with zero attached hydrogens (tertiary/aromatic N) is 5. The molecular formula is C21H24ClN5O. The Morgan fingerprint density at radius 3 is 2.36 bits per heavy atom. The summed E-state index contributed by atoms with van der Waals surface area (Å²) in [6.07, 6.45) is 7.71. The minimum Gasteiger partial charge on any atom is -0.353 e. The summed E-state index contributed by atoms with van der Waals surface area (Å²) in [5.41, 5.74) is 0.965. The fourth-order valence-corrected chi connectivity index (χ4v) is 3.71. The summed E-state index contributed by atoms with van der Waals surface area (Å²) in [5, 5.41) is 0.692. The van der Waals surface area contributed by atoms with Crippen LogP contribution in [0.5, 0.6) is 0 Å². The Morgan fingerprint density at radius 2 is 1.64 bits per heavy atom. The van der Waals surface area contributed by atoms with Gasteiger partial charge in [-0.15, -0.1) is 0 Å². The maximum absolute atomic E-state index is 12.5. The van der Waals surface area contributed by atoms with Crippen LogP contribution in [0.15, 0.2) is 42.6 Å². The predicted molar refractivity (Wildman–Crippen MR) is 113 cm³/mol. The molecule has 2 aromatic rings.